The molecule has 2 saturated heterocycles. The van der Waals surface area contributed by atoms with Crippen LogP contribution in [0.4, 0.5) is 5.69 Å². The van der Waals surface area contributed by atoms with Crippen molar-refractivity contribution in [3.05, 3.63) is 28.8 Å². The summed E-state index contributed by atoms with van der Waals surface area (Å²) in [6, 6.07) is 5.69. The number of carbonyl (C=O) groups excluding carboxylic acids is 1. The van der Waals surface area contributed by atoms with E-state index in [0.29, 0.717) is 23.2 Å². The van der Waals surface area contributed by atoms with Gasteiger partial charge in [-0.1, -0.05) is 17.7 Å². The summed E-state index contributed by atoms with van der Waals surface area (Å²) in [6.45, 7) is 6.70. The Hall–Kier alpha value is -1.10. The molecule has 1 aromatic carbocycles. The number of hydrogen-bond donors (Lipinski definition) is 2. The van der Waals surface area contributed by atoms with E-state index in [1.54, 1.807) is 0 Å². The molecule has 114 valence electrons. The molecule has 2 atom stereocenters. The molecule has 0 bridgehead atoms. The maximum absolute atomic E-state index is 12.2. The zero-order chi connectivity index (χ0) is 14.8. The Morgan fingerprint density at radius 3 is 3.05 bits per heavy atom. The fourth-order valence-corrected chi connectivity index (χ4v) is 3.65. The first kappa shape index (κ1) is 14.8. The molecule has 21 heavy (non-hydrogen) atoms. The van der Waals surface area contributed by atoms with Gasteiger partial charge in [0.1, 0.15) is 0 Å². The Kier molecular flexibility index (Phi) is 4.48. The highest BCUT2D eigenvalue weighted by atomic mass is 35.5. The molecule has 2 heterocycles. The number of fused-ring (bicyclic) bond motifs is 1. The zero-order valence-electron chi connectivity index (χ0n) is 12.4. The fourth-order valence-electron chi connectivity index (χ4n) is 3.37. The van der Waals surface area contributed by atoms with Crippen LogP contribution in [-0.4, -0.2) is 43.5 Å². The third-order valence-electron chi connectivity index (χ3n) is 4.55. The van der Waals surface area contributed by atoms with Crippen molar-refractivity contribution in [1.29, 1.82) is 0 Å². The summed E-state index contributed by atoms with van der Waals surface area (Å²) < 4.78 is 0. The van der Waals surface area contributed by atoms with Crippen LogP contribution in [-0.2, 0) is 4.79 Å². The van der Waals surface area contributed by atoms with Crippen molar-refractivity contribution in [1.82, 2.24) is 10.2 Å². The molecule has 0 aliphatic carbocycles. The molecule has 0 spiro atoms. The minimum atomic E-state index is 0.0187. The van der Waals surface area contributed by atoms with E-state index in [4.69, 9.17) is 11.6 Å². The summed E-state index contributed by atoms with van der Waals surface area (Å²) in [5.74, 6) is 1.52. The number of nitrogens with zero attached hydrogens (tertiary/aromatic N) is 1. The largest absolute Gasteiger partial charge is 0.324 e. The van der Waals surface area contributed by atoms with E-state index in [1.165, 1.54) is 6.42 Å². The quantitative estimate of drug-likeness (QED) is 0.899. The Labute approximate surface area is 130 Å². The van der Waals surface area contributed by atoms with Crippen molar-refractivity contribution in [2.24, 2.45) is 11.8 Å². The van der Waals surface area contributed by atoms with Crippen LogP contribution >= 0.6 is 11.6 Å². The van der Waals surface area contributed by atoms with E-state index < -0.39 is 0 Å². The van der Waals surface area contributed by atoms with Crippen LogP contribution in [0.25, 0.3) is 0 Å². The summed E-state index contributed by atoms with van der Waals surface area (Å²) in [7, 11) is 0. The van der Waals surface area contributed by atoms with E-state index in [2.05, 4.69) is 15.5 Å². The molecule has 2 N–H and O–H groups in total. The number of piperidine rings is 1. The van der Waals surface area contributed by atoms with E-state index >= 15 is 0 Å². The van der Waals surface area contributed by atoms with Gasteiger partial charge >= 0.3 is 0 Å². The second-order valence-electron chi connectivity index (χ2n) is 6.23. The maximum Gasteiger partial charge on any atom is 0.238 e. The fraction of sp³-hybridized carbons (Fsp3) is 0.562. The lowest BCUT2D eigenvalue weighted by molar-refractivity contribution is -0.117. The van der Waals surface area contributed by atoms with Crippen molar-refractivity contribution in [3.63, 3.8) is 0 Å². The molecule has 5 heteroatoms. The van der Waals surface area contributed by atoms with Crippen LogP contribution in [0.1, 0.15) is 12.0 Å². The SMILES string of the molecule is Cc1ccc(NC(=O)CN2CCC3CNCC3C2)c(Cl)c1. The van der Waals surface area contributed by atoms with E-state index in [1.807, 2.05) is 25.1 Å². The van der Waals surface area contributed by atoms with Crippen LogP contribution < -0.4 is 10.6 Å². The van der Waals surface area contributed by atoms with Gasteiger partial charge < -0.3 is 10.6 Å². The molecule has 2 unspecified atom stereocenters. The standard InChI is InChI=1S/C16H22ClN3O/c1-11-2-3-15(14(17)6-11)19-16(21)10-20-5-4-12-7-18-8-13(12)9-20/h2-3,6,12-13,18H,4-5,7-10H2,1H3,(H,19,21). The number of halogens is 1. The summed E-state index contributed by atoms with van der Waals surface area (Å²) in [5, 5.41) is 6.96. The van der Waals surface area contributed by atoms with Crippen LogP contribution in [0.15, 0.2) is 18.2 Å². The number of benzene rings is 1. The molecule has 0 saturated carbocycles. The average molecular weight is 308 g/mol. The van der Waals surface area contributed by atoms with E-state index in [-0.39, 0.29) is 5.91 Å². The molecule has 4 nitrogen and oxygen atoms in total. The first-order chi connectivity index (χ1) is 10.1. The molecule has 1 amide bonds. The molecular formula is C16H22ClN3O. The van der Waals surface area contributed by atoms with Crippen molar-refractivity contribution in [2.75, 3.05) is 38.0 Å². The second kappa shape index (κ2) is 6.34. The molecule has 0 aromatic heterocycles. The van der Waals surface area contributed by atoms with E-state index in [0.717, 1.165) is 37.7 Å². The number of nitrogens with one attached hydrogen (secondary N) is 2. The van der Waals surface area contributed by atoms with Crippen molar-refractivity contribution < 1.29 is 4.79 Å². The number of aryl methyl sites for hydroxylation is 1. The van der Waals surface area contributed by atoms with Gasteiger partial charge in [0.25, 0.3) is 0 Å². The minimum absolute atomic E-state index is 0.0187. The maximum atomic E-state index is 12.2. The van der Waals surface area contributed by atoms with Crippen LogP contribution in [0.3, 0.4) is 0 Å². The zero-order valence-corrected chi connectivity index (χ0v) is 13.1. The molecular weight excluding hydrogens is 286 g/mol. The predicted molar refractivity (Wildman–Crippen MR) is 85.7 cm³/mol. The molecule has 2 fully saturated rings. The van der Waals surface area contributed by atoms with Gasteiger partial charge in [0.05, 0.1) is 17.3 Å². The Balaban J connectivity index is 1.54. The smallest absolute Gasteiger partial charge is 0.238 e. The Morgan fingerprint density at radius 1 is 1.43 bits per heavy atom. The summed E-state index contributed by atoms with van der Waals surface area (Å²) in [4.78, 5) is 14.4. The Morgan fingerprint density at radius 2 is 2.24 bits per heavy atom. The van der Waals surface area contributed by atoms with Gasteiger partial charge in [0.15, 0.2) is 0 Å². The lowest BCUT2D eigenvalue weighted by atomic mass is 9.89. The Bertz CT molecular complexity index is 534. The molecule has 3 rings (SSSR count). The van der Waals surface area contributed by atoms with Gasteiger partial charge in [0, 0.05) is 6.54 Å². The lowest BCUT2D eigenvalue weighted by Gasteiger charge is -2.33. The minimum Gasteiger partial charge on any atom is -0.324 e. The van der Waals surface area contributed by atoms with Gasteiger partial charge in [0.2, 0.25) is 5.91 Å². The van der Waals surface area contributed by atoms with Gasteiger partial charge in [-0.3, -0.25) is 9.69 Å². The third kappa shape index (κ3) is 3.57. The molecule has 2 aliphatic heterocycles. The van der Waals surface area contributed by atoms with Crippen molar-refractivity contribution in [2.45, 2.75) is 13.3 Å². The first-order valence-corrected chi connectivity index (χ1v) is 7.98. The van der Waals surface area contributed by atoms with Crippen LogP contribution in [0.5, 0.6) is 0 Å². The van der Waals surface area contributed by atoms with E-state index in [9.17, 15) is 4.79 Å². The summed E-state index contributed by atoms with van der Waals surface area (Å²) in [5.41, 5.74) is 1.79. The number of likely N-dealkylation sites (tertiary alicyclic amines) is 1. The number of carbonyl (C=O) groups is 1. The average Bonchev–Trinajstić information content (AvgIpc) is 2.89. The highest BCUT2D eigenvalue weighted by Gasteiger charge is 2.33. The van der Waals surface area contributed by atoms with Crippen molar-refractivity contribution in [3.8, 4) is 0 Å². The number of rotatable bonds is 3. The molecule has 2 aliphatic rings. The monoisotopic (exact) mass is 307 g/mol. The first-order valence-electron chi connectivity index (χ1n) is 7.61. The van der Waals surface area contributed by atoms with Gasteiger partial charge in [-0.25, -0.2) is 0 Å². The highest BCUT2D eigenvalue weighted by molar-refractivity contribution is 6.33. The third-order valence-corrected chi connectivity index (χ3v) is 4.87. The molecule has 1 aromatic rings. The van der Waals surface area contributed by atoms with Crippen molar-refractivity contribution >= 4 is 23.2 Å². The normalized spacial score (nSPS) is 25.6. The summed E-state index contributed by atoms with van der Waals surface area (Å²) in [6.07, 6.45) is 1.19. The molecule has 0 radical (unpaired) electrons. The van der Waals surface area contributed by atoms with Gasteiger partial charge in [-0.05, 0) is 62.5 Å². The highest BCUT2D eigenvalue weighted by Crippen LogP contribution is 2.26. The lowest BCUT2D eigenvalue weighted by Crippen LogP contribution is -2.43. The van der Waals surface area contributed by atoms with Crippen LogP contribution in [0, 0.1) is 18.8 Å². The van der Waals surface area contributed by atoms with Gasteiger partial charge in [-0.2, -0.15) is 0 Å². The van der Waals surface area contributed by atoms with Crippen LogP contribution in [0.2, 0.25) is 5.02 Å². The number of anilines is 1. The second-order valence-corrected chi connectivity index (χ2v) is 6.64. The number of hydrogen-bond acceptors (Lipinski definition) is 3. The summed E-state index contributed by atoms with van der Waals surface area (Å²) >= 11 is 6.15. The predicted octanol–water partition coefficient (Wildman–Crippen LogP) is 2.13. The van der Waals surface area contributed by atoms with Gasteiger partial charge in [-0.15, -0.1) is 0 Å². The number of amides is 1. The topological polar surface area (TPSA) is 44.4 Å².